The molecule has 1 rings (SSSR count). The summed E-state index contributed by atoms with van der Waals surface area (Å²) in [5.74, 6) is 0. The van der Waals surface area contributed by atoms with E-state index in [2.05, 4.69) is 13.8 Å². The normalized spacial score (nSPS) is 40.9. The van der Waals surface area contributed by atoms with E-state index in [4.69, 9.17) is 10.7 Å². The quantitative estimate of drug-likeness (QED) is 0.467. The summed E-state index contributed by atoms with van der Waals surface area (Å²) < 4.78 is 0. The van der Waals surface area contributed by atoms with Crippen molar-refractivity contribution < 1.29 is 0 Å². The van der Waals surface area contributed by atoms with Crippen molar-refractivity contribution in [2.45, 2.75) is 37.2 Å². The van der Waals surface area contributed by atoms with Crippen LogP contribution >= 0.6 is 10.7 Å². The Morgan fingerprint density at radius 2 is 1.62 bits per heavy atom. The van der Waals surface area contributed by atoms with Gasteiger partial charge in [0.2, 0.25) is 0 Å². The van der Waals surface area contributed by atoms with Crippen LogP contribution in [-0.4, -0.2) is 10.5 Å². The SMILES string of the molecule is C[C@@H]1CC[C@@H](C)[S+]1Cl. The Hall–Kier alpha value is 0.640. The predicted octanol–water partition coefficient (Wildman–Crippen LogP) is 2.33. The van der Waals surface area contributed by atoms with E-state index in [-0.39, 0.29) is 10.1 Å². The third kappa shape index (κ3) is 1.14. The van der Waals surface area contributed by atoms with E-state index in [0.29, 0.717) is 0 Å². The zero-order chi connectivity index (χ0) is 6.15. The molecule has 0 spiro atoms. The Labute approximate surface area is 58.5 Å². The van der Waals surface area contributed by atoms with E-state index in [0.717, 1.165) is 10.5 Å². The Kier molecular flexibility index (Phi) is 2.10. The van der Waals surface area contributed by atoms with E-state index >= 15 is 0 Å². The molecule has 8 heavy (non-hydrogen) atoms. The summed E-state index contributed by atoms with van der Waals surface area (Å²) in [5, 5.41) is 1.57. The van der Waals surface area contributed by atoms with Gasteiger partial charge < -0.3 is 0 Å². The molecular weight excluding hydrogens is 140 g/mol. The molecule has 1 aliphatic rings. The third-order valence-corrected chi connectivity index (χ3v) is 5.58. The maximum absolute atomic E-state index is 6.04. The highest BCUT2D eigenvalue weighted by atomic mass is 35.7. The first-order chi connectivity index (χ1) is 3.72. The molecule has 0 amide bonds. The van der Waals surface area contributed by atoms with Gasteiger partial charge in [0.05, 0.1) is 0 Å². The van der Waals surface area contributed by atoms with Gasteiger partial charge in [-0.25, -0.2) is 0 Å². The molecule has 1 fully saturated rings. The average Bonchev–Trinajstić information content (AvgIpc) is 1.98. The van der Waals surface area contributed by atoms with Crippen LogP contribution in [0.4, 0.5) is 0 Å². The highest BCUT2D eigenvalue weighted by Gasteiger charge is 2.38. The number of rotatable bonds is 0. The fourth-order valence-corrected chi connectivity index (χ4v) is 3.14. The molecule has 0 aromatic rings. The molecule has 48 valence electrons. The lowest BCUT2D eigenvalue weighted by atomic mass is 10.2. The first-order valence-electron chi connectivity index (χ1n) is 3.10. The molecule has 1 aliphatic heterocycles. The minimum Gasteiger partial charge on any atom is -0.0153 e. The lowest BCUT2D eigenvalue weighted by Crippen LogP contribution is -2.10. The fraction of sp³-hybridized carbons (Fsp3) is 1.00. The molecule has 0 radical (unpaired) electrons. The van der Waals surface area contributed by atoms with Crippen LogP contribution in [0.2, 0.25) is 0 Å². The highest BCUT2D eigenvalue weighted by molar-refractivity contribution is 8.19. The van der Waals surface area contributed by atoms with E-state index < -0.39 is 0 Å². The second-order valence-corrected chi connectivity index (χ2v) is 5.82. The smallest absolute Gasteiger partial charge is 0.0153 e. The fourth-order valence-electron chi connectivity index (χ4n) is 1.09. The third-order valence-electron chi connectivity index (χ3n) is 1.75. The standard InChI is InChI=1S/C6H12ClS/c1-5-3-4-6(2)8(5)7/h5-6H,3-4H2,1-2H3/q+1/t5-,6-/m1/s1. The van der Waals surface area contributed by atoms with Crippen LogP contribution in [0.3, 0.4) is 0 Å². The van der Waals surface area contributed by atoms with Gasteiger partial charge in [-0.2, -0.15) is 0 Å². The number of hydrogen-bond donors (Lipinski definition) is 0. The summed E-state index contributed by atoms with van der Waals surface area (Å²) in [6.07, 6.45) is 2.68. The van der Waals surface area contributed by atoms with E-state index in [1.165, 1.54) is 12.8 Å². The van der Waals surface area contributed by atoms with Crippen molar-refractivity contribution in [3.8, 4) is 0 Å². The van der Waals surface area contributed by atoms with Gasteiger partial charge in [-0.15, -0.1) is 0 Å². The first kappa shape index (κ1) is 6.76. The minimum atomic E-state index is 0.210. The van der Waals surface area contributed by atoms with Gasteiger partial charge in [0.25, 0.3) is 0 Å². The molecule has 0 N–H and O–H groups in total. The van der Waals surface area contributed by atoms with E-state index in [9.17, 15) is 0 Å². The Morgan fingerprint density at radius 1 is 1.25 bits per heavy atom. The predicted molar refractivity (Wildman–Crippen MR) is 41.4 cm³/mol. The second-order valence-electron chi connectivity index (χ2n) is 2.51. The molecular formula is C6H12ClS+. The van der Waals surface area contributed by atoms with Crippen molar-refractivity contribution in [2.24, 2.45) is 0 Å². The number of hydrogen-bond acceptors (Lipinski definition) is 0. The first-order valence-corrected chi connectivity index (χ1v) is 5.27. The van der Waals surface area contributed by atoms with Gasteiger partial charge in [-0.3, -0.25) is 0 Å². The summed E-state index contributed by atoms with van der Waals surface area (Å²) in [6.45, 7) is 4.50. The van der Waals surface area contributed by atoms with Crippen molar-refractivity contribution in [3.05, 3.63) is 0 Å². The van der Waals surface area contributed by atoms with Crippen LogP contribution in [0, 0.1) is 0 Å². The van der Waals surface area contributed by atoms with Crippen molar-refractivity contribution in [2.75, 3.05) is 0 Å². The second kappa shape index (κ2) is 2.49. The average molecular weight is 152 g/mol. The lowest BCUT2D eigenvalue weighted by molar-refractivity contribution is 0.777. The number of halogens is 1. The van der Waals surface area contributed by atoms with Gasteiger partial charge in [0, 0.05) is 12.8 Å². The van der Waals surface area contributed by atoms with Crippen molar-refractivity contribution in [1.82, 2.24) is 0 Å². The van der Waals surface area contributed by atoms with Gasteiger partial charge in [0.1, 0.15) is 20.6 Å². The Balaban J connectivity index is 2.44. The van der Waals surface area contributed by atoms with Gasteiger partial charge in [-0.05, 0) is 13.8 Å². The monoisotopic (exact) mass is 151 g/mol. The van der Waals surface area contributed by atoms with Gasteiger partial charge in [0.15, 0.2) is 10.7 Å². The molecule has 0 bridgehead atoms. The summed E-state index contributed by atoms with van der Waals surface area (Å²) in [6, 6.07) is 0. The minimum absolute atomic E-state index is 0.210. The van der Waals surface area contributed by atoms with Gasteiger partial charge >= 0.3 is 0 Å². The van der Waals surface area contributed by atoms with Crippen LogP contribution in [0.5, 0.6) is 0 Å². The molecule has 0 aliphatic carbocycles. The molecule has 0 unspecified atom stereocenters. The lowest BCUT2D eigenvalue weighted by Gasteiger charge is -1.96. The topological polar surface area (TPSA) is 0 Å². The molecule has 0 saturated carbocycles. The van der Waals surface area contributed by atoms with Crippen molar-refractivity contribution in [1.29, 1.82) is 0 Å². The van der Waals surface area contributed by atoms with Gasteiger partial charge in [-0.1, -0.05) is 0 Å². The van der Waals surface area contributed by atoms with Crippen molar-refractivity contribution >= 4 is 20.8 Å². The summed E-state index contributed by atoms with van der Waals surface area (Å²) in [4.78, 5) is 0. The van der Waals surface area contributed by atoms with Crippen LogP contribution < -0.4 is 0 Å². The van der Waals surface area contributed by atoms with Crippen LogP contribution in [0.25, 0.3) is 0 Å². The molecule has 1 saturated heterocycles. The van der Waals surface area contributed by atoms with Crippen LogP contribution in [0.1, 0.15) is 26.7 Å². The molecule has 0 aromatic heterocycles. The largest absolute Gasteiger partial charge is 0.176 e. The summed E-state index contributed by atoms with van der Waals surface area (Å²) >= 11 is 0. The Bertz CT molecular complexity index is 74.6. The Morgan fingerprint density at radius 3 is 1.75 bits per heavy atom. The summed E-state index contributed by atoms with van der Waals surface area (Å²) in [7, 11) is 6.25. The molecule has 2 atom stereocenters. The maximum atomic E-state index is 6.04. The maximum Gasteiger partial charge on any atom is 0.176 e. The van der Waals surface area contributed by atoms with E-state index in [1.807, 2.05) is 0 Å². The van der Waals surface area contributed by atoms with Crippen LogP contribution in [0.15, 0.2) is 0 Å². The highest BCUT2D eigenvalue weighted by Crippen LogP contribution is 2.31. The molecule has 1 heterocycles. The molecule has 2 heteroatoms. The zero-order valence-corrected chi connectivity index (χ0v) is 6.93. The molecule has 0 aromatic carbocycles. The molecule has 0 nitrogen and oxygen atoms in total. The van der Waals surface area contributed by atoms with E-state index in [1.54, 1.807) is 0 Å². The summed E-state index contributed by atoms with van der Waals surface area (Å²) in [5.41, 5.74) is 0. The zero-order valence-electron chi connectivity index (χ0n) is 5.36. The van der Waals surface area contributed by atoms with Crippen LogP contribution in [-0.2, 0) is 10.1 Å². The van der Waals surface area contributed by atoms with Crippen molar-refractivity contribution in [3.63, 3.8) is 0 Å².